The average Bonchev–Trinajstić information content (AvgIpc) is 3.15. The Labute approximate surface area is 189 Å². The minimum atomic E-state index is -0.974. The van der Waals surface area contributed by atoms with E-state index in [2.05, 4.69) is 9.97 Å². The van der Waals surface area contributed by atoms with Crippen molar-refractivity contribution in [3.05, 3.63) is 42.0 Å². The molecule has 1 aliphatic rings. The number of ketones is 1. The number of hydrogen-bond acceptors (Lipinski definition) is 7. The topological polar surface area (TPSA) is 78.8 Å². The van der Waals surface area contributed by atoms with Crippen molar-refractivity contribution in [2.75, 3.05) is 36.5 Å². The Morgan fingerprint density at radius 1 is 1.34 bits per heavy atom. The van der Waals surface area contributed by atoms with Gasteiger partial charge < -0.3 is 24.4 Å². The molecule has 7 nitrogen and oxygen atoms in total. The summed E-state index contributed by atoms with van der Waals surface area (Å²) < 4.78 is 21.3. The van der Waals surface area contributed by atoms with E-state index in [9.17, 15) is 9.90 Å². The molecule has 0 unspecified atom stereocenters. The highest BCUT2D eigenvalue weighted by Crippen LogP contribution is 2.29. The second kappa shape index (κ2) is 9.81. The van der Waals surface area contributed by atoms with Crippen LogP contribution in [0.1, 0.15) is 52.0 Å². The van der Waals surface area contributed by atoms with E-state index in [1.165, 1.54) is 6.33 Å². The van der Waals surface area contributed by atoms with E-state index in [0.29, 0.717) is 19.5 Å². The van der Waals surface area contributed by atoms with Crippen LogP contribution in [0, 0.1) is 5.82 Å². The van der Waals surface area contributed by atoms with Crippen LogP contribution in [0.15, 0.2) is 30.6 Å². The summed E-state index contributed by atoms with van der Waals surface area (Å²) in [4.78, 5) is 23.0. The highest BCUT2D eigenvalue weighted by Gasteiger charge is 2.29. The standard InChI is InChI=1S/C24H33FN4O3/c1-16(12-17(2)30)18-6-8-19(9-7-18)32-20-10-11-29(13-20)23-21(25)22(26-15-27-23)28(5)14-24(3,4)31/h6-9,15-16,20,31H,10-14H2,1-5H3/t16-,20-/m1/s1. The smallest absolute Gasteiger partial charge is 0.208 e. The van der Waals surface area contributed by atoms with E-state index < -0.39 is 11.4 Å². The van der Waals surface area contributed by atoms with Gasteiger partial charge in [-0.05, 0) is 44.4 Å². The normalized spacial score (nSPS) is 17.3. The molecule has 0 bridgehead atoms. The fourth-order valence-corrected chi connectivity index (χ4v) is 4.13. The summed E-state index contributed by atoms with van der Waals surface area (Å²) >= 11 is 0. The lowest BCUT2D eigenvalue weighted by atomic mass is 9.96. The van der Waals surface area contributed by atoms with Crippen molar-refractivity contribution in [1.82, 2.24) is 9.97 Å². The highest BCUT2D eigenvalue weighted by molar-refractivity contribution is 5.76. The number of likely N-dealkylation sites (N-methyl/N-ethyl adjacent to an activating group) is 1. The third-order valence-electron chi connectivity index (χ3n) is 5.53. The fraction of sp³-hybridized carbons (Fsp3) is 0.542. The van der Waals surface area contributed by atoms with Gasteiger partial charge in [0, 0.05) is 33.0 Å². The lowest BCUT2D eigenvalue weighted by Crippen LogP contribution is -2.37. The van der Waals surface area contributed by atoms with E-state index in [0.717, 1.165) is 17.7 Å². The molecule has 1 saturated heterocycles. The fourth-order valence-electron chi connectivity index (χ4n) is 4.13. The first-order valence-electron chi connectivity index (χ1n) is 11.0. The minimum Gasteiger partial charge on any atom is -0.489 e. The molecule has 2 atom stereocenters. The number of carbonyl (C=O) groups is 1. The van der Waals surface area contributed by atoms with Gasteiger partial charge in [0.25, 0.3) is 0 Å². The van der Waals surface area contributed by atoms with Crippen molar-refractivity contribution in [2.45, 2.75) is 58.2 Å². The number of nitrogens with zero attached hydrogens (tertiary/aromatic N) is 4. The number of anilines is 2. The Morgan fingerprint density at radius 3 is 2.66 bits per heavy atom. The Balaban J connectivity index is 1.63. The summed E-state index contributed by atoms with van der Waals surface area (Å²) in [6.45, 7) is 8.37. The molecule has 32 heavy (non-hydrogen) atoms. The number of carbonyl (C=O) groups excluding carboxylic acids is 1. The number of rotatable bonds is 9. The van der Waals surface area contributed by atoms with Gasteiger partial charge in [0.1, 0.15) is 24.0 Å². The van der Waals surface area contributed by atoms with Crippen molar-refractivity contribution in [3.63, 3.8) is 0 Å². The number of benzene rings is 1. The number of ether oxygens (including phenoxy) is 1. The molecular formula is C24H33FN4O3. The zero-order valence-electron chi connectivity index (χ0n) is 19.5. The summed E-state index contributed by atoms with van der Waals surface area (Å²) in [5.41, 5.74) is 0.129. The van der Waals surface area contributed by atoms with E-state index in [1.54, 1.807) is 32.7 Å². The third-order valence-corrected chi connectivity index (χ3v) is 5.53. The third kappa shape index (κ3) is 6.16. The van der Waals surface area contributed by atoms with Gasteiger partial charge in [-0.2, -0.15) is 4.39 Å². The number of Topliss-reactive ketones (excluding diaryl/α,β-unsaturated/α-hetero) is 1. The first kappa shape index (κ1) is 23.9. The molecule has 2 aromatic rings. The summed E-state index contributed by atoms with van der Waals surface area (Å²) in [6, 6.07) is 7.82. The number of aromatic nitrogens is 2. The molecule has 174 valence electrons. The van der Waals surface area contributed by atoms with Crippen LogP contribution in [0.5, 0.6) is 5.75 Å². The second-order valence-electron chi connectivity index (χ2n) is 9.35. The van der Waals surface area contributed by atoms with Gasteiger partial charge in [-0.15, -0.1) is 0 Å². The van der Waals surface area contributed by atoms with E-state index >= 15 is 4.39 Å². The largest absolute Gasteiger partial charge is 0.489 e. The molecule has 8 heteroatoms. The molecule has 0 amide bonds. The second-order valence-corrected chi connectivity index (χ2v) is 9.35. The van der Waals surface area contributed by atoms with Crippen LogP contribution < -0.4 is 14.5 Å². The maximum Gasteiger partial charge on any atom is 0.208 e. The van der Waals surface area contributed by atoms with Gasteiger partial charge in [0.2, 0.25) is 5.82 Å². The number of hydrogen-bond donors (Lipinski definition) is 1. The zero-order valence-corrected chi connectivity index (χ0v) is 19.5. The van der Waals surface area contributed by atoms with Crippen LogP contribution in [0.2, 0.25) is 0 Å². The van der Waals surface area contributed by atoms with Gasteiger partial charge in [-0.3, -0.25) is 0 Å². The van der Waals surface area contributed by atoms with Crippen molar-refractivity contribution in [1.29, 1.82) is 0 Å². The van der Waals surface area contributed by atoms with Gasteiger partial charge in [-0.25, -0.2) is 9.97 Å². The van der Waals surface area contributed by atoms with Crippen LogP contribution in [0.3, 0.4) is 0 Å². The van der Waals surface area contributed by atoms with Crippen molar-refractivity contribution in [2.24, 2.45) is 0 Å². The Morgan fingerprint density at radius 2 is 2.03 bits per heavy atom. The van der Waals surface area contributed by atoms with Gasteiger partial charge in [-0.1, -0.05) is 19.1 Å². The molecule has 1 aliphatic heterocycles. The van der Waals surface area contributed by atoms with Gasteiger partial charge in [0.15, 0.2) is 11.6 Å². The predicted octanol–water partition coefficient (Wildman–Crippen LogP) is 3.56. The summed E-state index contributed by atoms with van der Waals surface area (Å²) in [5.74, 6) is 1.02. The molecule has 0 aliphatic carbocycles. The molecule has 1 aromatic carbocycles. The summed E-state index contributed by atoms with van der Waals surface area (Å²) in [7, 11) is 1.70. The molecule has 0 saturated carbocycles. The van der Waals surface area contributed by atoms with E-state index in [-0.39, 0.29) is 36.0 Å². The molecule has 1 N–H and O–H groups in total. The van der Waals surface area contributed by atoms with Crippen LogP contribution in [0.4, 0.5) is 16.0 Å². The SMILES string of the molecule is CC(=O)C[C@@H](C)c1ccc(O[C@@H]2CCN(c3ncnc(N(C)CC(C)(C)O)c3F)C2)cc1. The molecule has 1 fully saturated rings. The first-order chi connectivity index (χ1) is 15.0. The van der Waals surface area contributed by atoms with Crippen LogP contribution in [0.25, 0.3) is 0 Å². The first-order valence-corrected chi connectivity index (χ1v) is 11.0. The Hall–Kier alpha value is -2.74. The molecule has 0 radical (unpaired) electrons. The van der Waals surface area contributed by atoms with Crippen molar-refractivity contribution in [3.8, 4) is 5.75 Å². The Bertz CT molecular complexity index is 930. The molecule has 2 heterocycles. The maximum atomic E-state index is 15.2. The monoisotopic (exact) mass is 444 g/mol. The predicted molar refractivity (Wildman–Crippen MR) is 123 cm³/mol. The minimum absolute atomic E-state index is 0.0811. The van der Waals surface area contributed by atoms with Crippen molar-refractivity contribution >= 4 is 17.4 Å². The van der Waals surface area contributed by atoms with Gasteiger partial charge >= 0.3 is 0 Å². The van der Waals surface area contributed by atoms with Crippen molar-refractivity contribution < 1.29 is 19.0 Å². The summed E-state index contributed by atoms with van der Waals surface area (Å²) in [5, 5.41) is 10.0. The van der Waals surface area contributed by atoms with Crippen LogP contribution in [-0.4, -0.2) is 59.2 Å². The van der Waals surface area contributed by atoms with E-state index in [1.807, 2.05) is 36.1 Å². The number of aliphatic hydroxyl groups is 1. The lowest BCUT2D eigenvalue weighted by molar-refractivity contribution is -0.117. The number of halogens is 1. The zero-order chi connectivity index (χ0) is 23.5. The van der Waals surface area contributed by atoms with Gasteiger partial charge in [0.05, 0.1) is 12.1 Å². The quantitative estimate of drug-likeness (QED) is 0.633. The highest BCUT2D eigenvalue weighted by atomic mass is 19.1. The van der Waals surface area contributed by atoms with Crippen LogP contribution in [-0.2, 0) is 4.79 Å². The summed E-state index contributed by atoms with van der Waals surface area (Å²) in [6.07, 6.45) is 2.54. The lowest BCUT2D eigenvalue weighted by Gasteiger charge is -2.27. The average molecular weight is 445 g/mol. The molecule has 1 aromatic heterocycles. The maximum absolute atomic E-state index is 15.2. The molecule has 0 spiro atoms. The van der Waals surface area contributed by atoms with Crippen LogP contribution >= 0.6 is 0 Å². The molecule has 3 rings (SSSR count). The molecular weight excluding hydrogens is 411 g/mol. The Kier molecular flexibility index (Phi) is 7.33. The van der Waals surface area contributed by atoms with E-state index in [4.69, 9.17) is 4.74 Å².